The highest BCUT2D eigenvalue weighted by atomic mass is 16.6. The number of amides is 1. The number of carbonyl (C=O) groups excluding carboxylic acids is 1. The zero-order valence-corrected chi connectivity index (χ0v) is 12.7. The molecule has 2 rings (SSSR count). The van der Waals surface area contributed by atoms with E-state index >= 15 is 0 Å². The van der Waals surface area contributed by atoms with Crippen molar-refractivity contribution in [3.05, 3.63) is 57.5 Å². The van der Waals surface area contributed by atoms with Crippen molar-refractivity contribution in [3.8, 4) is 0 Å². The highest BCUT2D eigenvalue weighted by Gasteiger charge is 2.16. The standard InChI is InChI=1S/C15H18N4O4/c1-11-17-14(19(22)23)8-18(11)9-15(21)16-7-6-12-2-4-13(10-20)5-3-12/h2-5,8,20H,6-7,9-10H2,1H3,(H,16,21). The molecule has 8 nitrogen and oxygen atoms in total. The number of nitro groups is 1. The first kappa shape index (κ1) is 16.6. The second kappa shape index (κ2) is 7.50. The summed E-state index contributed by atoms with van der Waals surface area (Å²) in [5, 5.41) is 22.4. The average molecular weight is 318 g/mol. The summed E-state index contributed by atoms with van der Waals surface area (Å²) in [6.07, 6.45) is 1.92. The third kappa shape index (κ3) is 4.62. The summed E-state index contributed by atoms with van der Waals surface area (Å²) in [6.45, 7) is 2.08. The fraction of sp³-hybridized carbons (Fsp3) is 0.333. The van der Waals surface area contributed by atoms with Gasteiger partial charge >= 0.3 is 5.82 Å². The van der Waals surface area contributed by atoms with Crippen LogP contribution in [0.15, 0.2) is 30.5 Å². The van der Waals surface area contributed by atoms with Gasteiger partial charge < -0.3 is 20.5 Å². The third-order valence-corrected chi connectivity index (χ3v) is 3.41. The first-order chi connectivity index (χ1) is 11.0. The molecular weight excluding hydrogens is 300 g/mol. The van der Waals surface area contributed by atoms with E-state index in [4.69, 9.17) is 5.11 Å². The lowest BCUT2D eigenvalue weighted by Crippen LogP contribution is -2.29. The fourth-order valence-electron chi connectivity index (χ4n) is 2.11. The van der Waals surface area contributed by atoms with Crippen molar-refractivity contribution in [3.63, 3.8) is 0 Å². The Labute approximate surface area is 132 Å². The molecule has 1 aromatic heterocycles. The van der Waals surface area contributed by atoms with Crippen molar-refractivity contribution in [2.24, 2.45) is 0 Å². The first-order valence-corrected chi connectivity index (χ1v) is 7.13. The number of nitrogens with zero attached hydrogens (tertiary/aromatic N) is 3. The molecule has 0 unspecified atom stereocenters. The molecule has 0 radical (unpaired) electrons. The first-order valence-electron chi connectivity index (χ1n) is 7.13. The maximum Gasteiger partial charge on any atom is 0.381 e. The van der Waals surface area contributed by atoms with Crippen LogP contribution in [0.25, 0.3) is 0 Å². The summed E-state index contributed by atoms with van der Waals surface area (Å²) >= 11 is 0. The number of aliphatic hydroxyl groups is 1. The minimum Gasteiger partial charge on any atom is -0.392 e. The number of aliphatic hydroxyl groups excluding tert-OH is 1. The van der Waals surface area contributed by atoms with E-state index in [9.17, 15) is 14.9 Å². The van der Waals surface area contributed by atoms with Gasteiger partial charge in [-0.05, 0) is 27.5 Å². The summed E-state index contributed by atoms with van der Waals surface area (Å²) in [7, 11) is 0. The van der Waals surface area contributed by atoms with Gasteiger partial charge in [0.25, 0.3) is 0 Å². The highest BCUT2D eigenvalue weighted by Crippen LogP contribution is 2.10. The summed E-state index contributed by atoms with van der Waals surface area (Å²) in [4.78, 5) is 25.7. The van der Waals surface area contributed by atoms with E-state index < -0.39 is 4.92 Å². The Balaban J connectivity index is 1.81. The van der Waals surface area contributed by atoms with E-state index in [1.807, 2.05) is 24.3 Å². The number of benzene rings is 1. The van der Waals surface area contributed by atoms with E-state index in [1.165, 1.54) is 10.8 Å². The minimum absolute atomic E-state index is 0.00385. The van der Waals surface area contributed by atoms with Gasteiger partial charge in [-0.2, -0.15) is 0 Å². The molecule has 2 N–H and O–H groups in total. The lowest BCUT2D eigenvalue weighted by Gasteiger charge is -2.06. The SMILES string of the molecule is Cc1nc([N+](=O)[O-])cn1CC(=O)NCCc1ccc(CO)cc1. The van der Waals surface area contributed by atoms with Crippen molar-refractivity contribution in [2.75, 3.05) is 6.54 Å². The third-order valence-electron chi connectivity index (χ3n) is 3.41. The van der Waals surface area contributed by atoms with E-state index in [-0.39, 0.29) is 24.9 Å². The molecule has 0 atom stereocenters. The molecule has 2 aromatic rings. The molecule has 0 aliphatic carbocycles. The maximum atomic E-state index is 11.9. The average Bonchev–Trinajstić information content (AvgIpc) is 2.89. The van der Waals surface area contributed by atoms with Crippen LogP contribution in [0.3, 0.4) is 0 Å². The van der Waals surface area contributed by atoms with E-state index in [1.54, 1.807) is 6.92 Å². The van der Waals surface area contributed by atoms with Crippen LogP contribution < -0.4 is 5.32 Å². The van der Waals surface area contributed by atoms with Gasteiger partial charge in [0.15, 0.2) is 0 Å². The molecule has 0 aliphatic rings. The number of aryl methyl sites for hydroxylation is 1. The quantitative estimate of drug-likeness (QED) is 0.583. The van der Waals surface area contributed by atoms with Gasteiger partial charge in [-0.25, -0.2) is 0 Å². The van der Waals surface area contributed by atoms with Crippen molar-refractivity contribution in [1.29, 1.82) is 0 Å². The molecule has 0 aliphatic heterocycles. The van der Waals surface area contributed by atoms with Crippen LogP contribution in [0.5, 0.6) is 0 Å². The normalized spacial score (nSPS) is 10.5. The molecule has 8 heteroatoms. The predicted molar refractivity (Wildman–Crippen MR) is 82.7 cm³/mol. The fourth-order valence-corrected chi connectivity index (χ4v) is 2.11. The van der Waals surface area contributed by atoms with Gasteiger partial charge in [-0.1, -0.05) is 24.3 Å². The van der Waals surface area contributed by atoms with Crippen molar-refractivity contribution < 1.29 is 14.8 Å². The van der Waals surface area contributed by atoms with Crippen LogP contribution in [-0.4, -0.2) is 32.0 Å². The predicted octanol–water partition coefficient (Wildman–Crippen LogP) is 0.951. The van der Waals surface area contributed by atoms with Crippen molar-refractivity contribution >= 4 is 11.7 Å². The number of hydrogen-bond donors (Lipinski definition) is 2. The van der Waals surface area contributed by atoms with Crippen molar-refractivity contribution in [2.45, 2.75) is 26.5 Å². The Morgan fingerprint density at radius 2 is 2.00 bits per heavy atom. The lowest BCUT2D eigenvalue weighted by molar-refractivity contribution is -0.389. The molecule has 1 heterocycles. The molecule has 122 valence electrons. The number of rotatable bonds is 7. The number of carbonyl (C=O) groups is 1. The second-order valence-electron chi connectivity index (χ2n) is 5.11. The largest absolute Gasteiger partial charge is 0.392 e. The monoisotopic (exact) mass is 318 g/mol. The molecule has 23 heavy (non-hydrogen) atoms. The molecule has 0 saturated carbocycles. The summed E-state index contributed by atoms with van der Waals surface area (Å²) in [6, 6.07) is 7.48. The molecule has 0 fully saturated rings. The zero-order chi connectivity index (χ0) is 16.8. The number of hydrogen-bond acceptors (Lipinski definition) is 5. The van der Waals surface area contributed by atoms with Crippen LogP contribution in [0.1, 0.15) is 17.0 Å². The molecule has 0 spiro atoms. The smallest absolute Gasteiger partial charge is 0.381 e. The number of nitrogens with one attached hydrogen (secondary N) is 1. The molecule has 0 saturated heterocycles. The highest BCUT2D eigenvalue weighted by molar-refractivity contribution is 5.75. The number of aromatic nitrogens is 2. The Bertz CT molecular complexity index is 694. The van der Waals surface area contributed by atoms with Gasteiger partial charge in [0, 0.05) is 13.5 Å². The van der Waals surface area contributed by atoms with Gasteiger partial charge in [0.05, 0.1) is 6.61 Å². The van der Waals surface area contributed by atoms with Gasteiger partial charge in [0.1, 0.15) is 12.7 Å². The molecular formula is C15H18N4O4. The summed E-state index contributed by atoms with van der Waals surface area (Å²) < 4.78 is 1.45. The van der Waals surface area contributed by atoms with Crippen LogP contribution >= 0.6 is 0 Å². The molecule has 1 amide bonds. The Morgan fingerprint density at radius 1 is 1.35 bits per heavy atom. The topological polar surface area (TPSA) is 110 Å². The van der Waals surface area contributed by atoms with Gasteiger partial charge in [-0.3, -0.25) is 9.36 Å². The van der Waals surface area contributed by atoms with E-state index in [0.29, 0.717) is 18.8 Å². The lowest BCUT2D eigenvalue weighted by atomic mass is 10.1. The molecule has 0 bridgehead atoms. The Hall–Kier alpha value is -2.74. The van der Waals surface area contributed by atoms with E-state index in [2.05, 4.69) is 10.3 Å². The van der Waals surface area contributed by atoms with Gasteiger partial charge in [0.2, 0.25) is 11.7 Å². The van der Waals surface area contributed by atoms with Crippen LogP contribution in [0.2, 0.25) is 0 Å². The van der Waals surface area contributed by atoms with Crippen LogP contribution in [0.4, 0.5) is 5.82 Å². The van der Waals surface area contributed by atoms with Crippen LogP contribution in [-0.2, 0) is 24.4 Å². The Morgan fingerprint density at radius 3 is 2.57 bits per heavy atom. The van der Waals surface area contributed by atoms with Crippen LogP contribution in [0, 0.1) is 17.0 Å². The Kier molecular flexibility index (Phi) is 5.42. The summed E-state index contributed by atoms with van der Waals surface area (Å²) in [5.74, 6) is -0.0712. The van der Waals surface area contributed by atoms with Gasteiger partial charge in [-0.15, -0.1) is 0 Å². The maximum absolute atomic E-state index is 11.9. The number of imidazole rings is 1. The zero-order valence-electron chi connectivity index (χ0n) is 12.7. The second-order valence-corrected chi connectivity index (χ2v) is 5.11. The minimum atomic E-state index is -0.586. The van der Waals surface area contributed by atoms with E-state index in [0.717, 1.165) is 11.1 Å². The summed E-state index contributed by atoms with van der Waals surface area (Å²) in [5.41, 5.74) is 1.90. The molecule has 1 aromatic carbocycles. The van der Waals surface area contributed by atoms with Crippen molar-refractivity contribution in [1.82, 2.24) is 14.9 Å².